The molecule has 3 aliphatic heterocycles. The van der Waals surface area contributed by atoms with Gasteiger partial charge in [-0.3, -0.25) is 4.79 Å². The number of nitrogens with zero attached hydrogens (tertiary/aromatic N) is 1. The maximum atomic E-state index is 13.2. The van der Waals surface area contributed by atoms with Crippen molar-refractivity contribution in [3.63, 3.8) is 0 Å². The molecule has 5 aliphatic rings. The van der Waals surface area contributed by atoms with Gasteiger partial charge in [-0.1, -0.05) is 18.2 Å². The largest absolute Gasteiger partial charge is 0.303 e. The highest BCUT2D eigenvalue weighted by atomic mass is 16.1. The first kappa shape index (κ1) is 13.3. The van der Waals surface area contributed by atoms with Crippen molar-refractivity contribution in [2.24, 2.45) is 17.8 Å². The molecule has 3 heterocycles. The molecule has 6 rings (SSSR count). The van der Waals surface area contributed by atoms with E-state index in [1.165, 1.54) is 62.9 Å². The van der Waals surface area contributed by atoms with Crippen LogP contribution < -0.4 is 0 Å². The fourth-order valence-corrected chi connectivity index (χ4v) is 5.90. The minimum Gasteiger partial charge on any atom is -0.303 e. The number of ketones is 1. The average molecular weight is 295 g/mol. The van der Waals surface area contributed by atoms with E-state index >= 15 is 0 Å². The van der Waals surface area contributed by atoms with Crippen molar-refractivity contribution in [2.75, 3.05) is 19.6 Å². The van der Waals surface area contributed by atoms with Crippen LogP contribution >= 0.6 is 0 Å². The third-order valence-electron chi connectivity index (χ3n) is 6.97. The Balaban J connectivity index is 1.53. The summed E-state index contributed by atoms with van der Waals surface area (Å²) in [6.07, 6.45) is 7.57. The zero-order chi connectivity index (χ0) is 14.7. The molecule has 3 saturated heterocycles. The van der Waals surface area contributed by atoms with E-state index < -0.39 is 0 Å². The topological polar surface area (TPSA) is 20.3 Å². The monoisotopic (exact) mass is 295 g/mol. The van der Waals surface area contributed by atoms with Gasteiger partial charge in [-0.05, 0) is 80.5 Å². The fourth-order valence-electron chi connectivity index (χ4n) is 5.90. The first-order valence-electron chi connectivity index (χ1n) is 9.19. The van der Waals surface area contributed by atoms with E-state index in [1.54, 1.807) is 0 Å². The lowest BCUT2D eigenvalue weighted by atomic mass is 9.62. The maximum Gasteiger partial charge on any atom is 0.166 e. The van der Waals surface area contributed by atoms with Gasteiger partial charge in [0.2, 0.25) is 0 Å². The molecule has 0 radical (unpaired) electrons. The zero-order valence-electron chi connectivity index (χ0n) is 13.3. The molecule has 1 aromatic carbocycles. The van der Waals surface area contributed by atoms with Crippen LogP contribution in [-0.4, -0.2) is 30.3 Å². The van der Waals surface area contributed by atoms with Gasteiger partial charge >= 0.3 is 0 Å². The third-order valence-corrected chi connectivity index (χ3v) is 6.97. The van der Waals surface area contributed by atoms with Crippen molar-refractivity contribution in [1.29, 1.82) is 0 Å². The molecule has 2 bridgehead atoms. The summed E-state index contributed by atoms with van der Waals surface area (Å²) in [6.45, 7) is 3.72. The number of carbonyl (C=O) groups is 1. The van der Waals surface area contributed by atoms with Gasteiger partial charge in [-0.2, -0.15) is 0 Å². The summed E-state index contributed by atoms with van der Waals surface area (Å²) >= 11 is 0. The molecule has 2 nitrogen and oxygen atoms in total. The minimum atomic E-state index is 0.305. The number of benzene rings is 1. The van der Waals surface area contributed by atoms with Crippen molar-refractivity contribution in [1.82, 2.24) is 4.90 Å². The normalized spacial score (nSPS) is 39.6. The molecule has 0 unspecified atom stereocenters. The third kappa shape index (κ3) is 1.86. The first-order chi connectivity index (χ1) is 10.8. The number of hydrogen-bond acceptors (Lipinski definition) is 2. The number of piperidine rings is 3. The maximum absolute atomic E-state index is 13.2. The van der Waals surface area contributed by atoms with Crippen molar-refractivity contribution in [3.05, 3.63) is 34.9 Å². The van der Waals surface area contributed by atoms with Crippen molar-refractivity contribution in [2.45, 2.75) is 44.4 Å². The van der Waals surface area contributed by atoms with E-state index in [4.69, 9.17) is 0 Å². The van der Waals surface area contributed by atoms with E-state index in [0.29, 0.717) is 23.5 Å². The van der Waals surface area contributed by atoms with E-state index in [2.05, 4.69) is 23.1 Å². The van der Waals surface area contributed by atoms with Crippen LogP contribution in [0.25, 0.3) is 0 Å². The Bertz CT molecular complexity index is 614. The molecular weight excluding hydrogens is 270 g/mol. The van der Waals surface area contributed by atoms with Crippen LogP contribution in [0.4, 0.5) is 0 Å². The second kappa shape index (κ2) is 4.92. The lowest BCUT2D eigenvalue weighted by Gasteiger charge is -2.49. The van der Waals surface area contributed by atoms with Gasteiger partial charge in [0.15, 0.2) is 5.78 Å². The van der Waals surface area contributed by atoms with Crippen LogP contribution in [0.1, 0.15) is 59.5 Å². The molecule has 116 valence electrons. The SMILES string of the molecule is O=C1c2cccc3c2[C@H](CCC3)C[C@H]1[C@@H]1CN2CCC1CC2. The predicted octanol–water partition coefficient (Wildman–Crippen LogP) is 3.65. The van der Waals surface area contributed by atoms with Gasteiger partial charge in [0.1, 0.15) is 0 Å². The predicted molar refractivity (Wildman–Crippen MR) is 87.2 cm³/mol. The summed E-state index contributed by atoms with van der Waals surface area (Å²) in [5.41, 5.74) is 4.00. The van der Waals surface area contributed by atoms with Gasteiger partial charge in [0, 0.05) is 18.0 Å². The summed E-state index contributed by atoms with van der Waals surface area (Å²) in [4.78, 5) is 15.8. The molecule has 0 spiro atoms. The Hall–Kier alpha value is -1.15. The molecule has 0 aromatic heterocycles. The number of rotatable bonds is 1. The smallest absolute Gasteiger partial charge is 0.166 e. The lowest BCUT2D eigenvalue weighted by molar-refractivity contribution is 0.0145. The summed E-state index contributed by atoms with van der Waals surface area (Å²) in [5.74, 6) is 2.90. The fraction of sp³-hybridized carbons (Fsp3) is 0.650. The van der Waals surface area contributed by atoms with Gasteiger partial charge in [-0.25, -0.2) is 0 Å². The van der Waals surface area contributed by atoms with Crippen LogP contribution in [0, 0.1) is 17.8 Å². The quantitative estimate of drug-likeness (QED) is 0.788. The minimum absolute atomic E-state index is 0.305. The Labute approximate surface area is 132 Å². The number of hydrogen-bond donors (Lipinski definition) is 0. The van der Waals surface area contributed by atoms with Gasteiger partial charge in [0.25, 0.3) is 0 Å². The molecule has 2 aliphatic carbocycles. The zero-order valence-corrected chi connectivity index (χ0v) is 13.3. The second-order valence-electron chi connectivity index (χ2n) is 7.98. The number of aryl methyl sites for hydroxylation is 1. The molecule has 3 atom stereocenters. The van der Waals surface area contributed by atoms with Crippen molar-refractivity contribution < 1.29 is 4.79 Å². The number of fused-ring (bicyclic) bond motifs is 3. The average Bonchev–Trinajstić information content (AvgIpc) is 2.59. The van der Waals surface area contributed by atoms with Crippen molar-refractivity contribution >= 4 is 5.78 Å². The molecular formula is C20H25NO. The van der Waals surface area contributed by atoms with Crippen LogP contribution in [0.3, 0.4) is 0 Å². The Morgan fingerprint density at radius 3 is 2.73 bits per heavy atom. The molecule has 1 aromatic rings. The lowest BCUT2D eigenvalue weighted by Crippen LogP contribution is -2.52. The Morgan fingerprint density at radius 1 is 1.09 bits per heavy atom. The standard InChI is InChI=1S/C20H25NO/c22-20-16-6-2-4-14-3-1-5-15(19(14)16)11-17(20)18-12-21-9-7-13(18)8-10-21/h2,4,6,13,15,17-18H,1,3,5,7-12H2/t15-,17+,18-/m1/s1. The molecule has 0 N–H and O–H groups in total. The summed E-state index contributed by atoms with van der Waals surface area (Å²) in [7, 11) is 0. The van der Waals surface area contributed by atoms with Crippen LogP contribution in [0.15, 0.2) is 18.2 Å². The summed E-state index contributed by atoms with van der Waals surface area (Å²) < 4.78 is 0. The second-order valence-corrected chi connectivity index (χ2v) is 7.98. The van der Waals surface area contributed by atoms with Crippen LogP contribution in [0.5, 0.6) is 0 Å². The van der Waals surface area contributed by atoms with Crippen LogP contribution in [0.2, 0.25) is 0 Å². The van der Waals surface area contributed by atoms with E-state index in [0.717, 1.165) is 17.9 Å². The number of Topliss-reactive ketones (excluding diaryl/α,β-unsaturated/α-hetero) is 1. The van der Waals surface area contributed by atoms with E-state index in [9.17, 15) is 4.79 Å². The molecule has 0 saturated carbocycles. The van der Waals surface area contributed by atoms with Gasteiger partial charge in [0.05, 0.1) is 0 Å². The Kier molecular flexibility index (Phi) is 2.98. The van der Waals surface area contributed by atoms with E-state index in [1.807, 2.05) is 0 Å². The van der Waals surface area contributed by atoms with Gasteiger partial charge < -0.3 is 4.90 Å². The van der Waals surface area contributed by atoms with Crippen LogP contribution in [-0.2, 0) is 6.42 Å². The molecule has 2 heteroatoms. The van der Waals surface area contributed by atoms with Crippen molar-refractivity contribution in [3.8, 4) is 0 Å². The highest BCUT2D eigenvalue weighted by molar-refractivity contribution is 6.01. The summed E-state index contributed by atoms with van der Waals surface area (Å²) in [5, 5.41) is 0. The molecule has 3 fully saturated rings. The molecule has 22 heavy (non-hydrogen) atoms. The Morgan fingerprint density at radius 2 is 1.95 bits per heavy atom. The number of carbonyl (C=O) groups excluding carboxylic acids is 1. The highest BCUT2D eigenvalue weighted by Crippen LogP contribution is 2.48. The summed E-state index contributed by atoms with van der Waals surface area (Å²) in [6, 6.07) is 6.49. The van der Waals surface area contributed by atoms with Gasteiger partial charge in [-0.15, -0.1) is 0 Å². The van der Waals surface area contributed by atoms with E-state index in [-0.39, 0.29) is 0 Å². The highest BCUT2D eigenvalue weighted by Gasteiger charge is 2.45. The molecule has 0 amide bonds. The first-order valence-corrected chi connectivity index (χ1v) is 9.19.